The highest BCUT2D eigenvalue weighted by atomic mass is 35.5. The number of piperazine rings is 1. The molecule has 202 valence electrons. The van der Waals surface area contributed by atoms with E-state index >= 15 is 0 Å². The van der Waals surface area contributed by atoms with Crippen LogP contribution in [0.25, 0.3) is 5.69 Å². The molecule has 1 aromatic heterocycles. The topological polar surface area (TPSA) is 103 Å². The summed E-state index contributed by atoms with van der Waals surface area (Å²) in [4.78, 5) is 15.6. The van der Waals surface area contributed by atoms with Crippen LogP contribution in [0.4, 0.5) is 5.69 Å². The van der Waals surface area contributed by atoms with Gasteiger partial charge in [-0.15, -0.1) is 0 Å². The van der Waals surface area contributed by atoms with Gasteiger partial charge in [-0.3, -0.25) is 4.79 Å². The van der Waals surface area contributed by atoms with Gasteiger partial charge in [0.2, 0.25) is 22.6 Å². The maximum absolute atomic E-state index is 13.6. The van der Waals surface area contributed by atoms with Gasteiger partial charge in [-0.05, 0) is 49.7 Å². The summed E-state index contributed by atoms with van der Waals surface area (Å²) in [6.07, 6.45) is 2.13. The lowest BCUT2D eigenvalue weighted by atomic mass is 10.1. The van der Waals surface area contributed by atoms with Crippen LogP contribution >= 0.6 is 11.6 Å². The highest BCUT2D eigenvalue weighted by molar-refractivity contribution is 7.89. The second-order valence-electron chi connectivity index (χ2n) is 9.32. The molecule has 3 heterocycles. The van der Waals surface area contributed by atoms with Crippen molar-refractivity contribution < 1.29 is 22.6 Å². The van der Waals surface area contributed by atoms with Crippen molar-refractivity contribution in [2.45, 2.75) is 25.5 Å². The largest absolute Gasteiger partial charge is 0.486 e. The Hall–Kier alpha value is -3.28. The van der Waals surface area contributed by atoms with Gasteiger partial charge < -0.3 is 19.1 Å². The fourth-order valence-corrected chi connectivity index (χ4v) is 5.88. The average molecular weight is 561 g/mol. The third-order valence-corrected chi connectivity index (χ3v) is 9.09. The molecule has 2 aromatic carbocycles. The van der Waals surface area contributed by atoms with Crippen LogP contribution in [-0.2, 0) is 16.4 Å². The van der Waals surface area contributed by atoms with E-state index in [1.807, 2.05) is 23.1 Å². The van der Waals surface area contributed by atoms with Crippen LogP contribution in [0.2, 0.25) is 5.02 Å². The van der Waals surface area contributed by atoms with Gasteiger partial charge in [0.1, 0.15) is 5.69 Å². The molecule has 1 fully saturated rings. The summed E-state index contributed by atoms with van der Waals surface area (Å²) >= 11 is 6.15. The summed E-state index contributed by atoms with van der Waals surface area (Å²) in [5.41, 5.74) is 1.60. The maximum atomic E-state index is 13.6. The average Bonchev–Trinajstić information content (AvgIpc) is 3.37. The van der Waals surface area contributed by atoms with E-state index in [0.717, 1.165) is 5.56 Å². The Morgan fingerprint density at radius 2 is 1.82 bits per heavy atom. The lowest BCUT2D eigenvalue weighted by molar-refractivity contribution is 0.174. The van der Waals surface area contributed by atoms with Crippen LogP contribution in [0, 0.1) is 0 Å². The molecular formula is C26H29ClN4O6S. The molecule has 0 amide bonds. The van der Waals surface area contributed by atoms with Crippen LogP contribution in [0.1, 0.15) is 19.4 Å². The summed E-state index contributed by atoms with van der Waals surface area (Å²) in [5.74, 6) is 1.54. The summed E-state index contributed by atoms with van der Waals surface area (Å²) < 4.78 is 44.9. The first-order valence-electron chi connectivity index (χ1n) is 12.4. The molecule has 3 aromatic rings. The zero-order valence-electron chi connectivity index (χ0n) is 21.2. The Morgan fingerprint density at radius 1 is 1.05 bits per heavy atom. The van der Waals surface area contributed by atoms with Gasteiger partial charge in [-0.2, -0.15) is 14.1 Å². The molecule has 0 aliphatic carbocycles. The molecular weight excluding hydrogens is 532 g/mol. The van der Waals surface area contributed by atoms with Crippen LogP contribution in [-0.4, -0.2) is 67.3 Å². The standard InChI is InChI=1S/C26H29ClN4O6S/c1-18(2)38(33,34)30-11-9-29(10-12-30)22-16-28-31(21-5-3-4-20(27)15-21)26(32)25(22)35-13-8-19-6-7-23-24(14-19)37-17-36-23/h3-7,14-16,18H,8-13,17H2,1-2H3. The summed E-state index contributed by atoms with van der Waals surface area (Å²) in [7, 11) is -3.36. The molecule has 2 aliphatic rings. The predicted molar refractivity (Wildman–Crippen MR) is 144 cm³/mol. The minimum Gasteiger partial charge on any atom is -0.486 e. The SMILES string of the molecule is CC(C)S(=O)(=O)N1CCN(c2cnn(-c3cccc(Cl)c3)c(=O)c2OCCc2ccc3c(c2)OCO3)CC1. The monoisotopic (exact) mass is 560 g/mol. The molecule has 10 nitrogen and oxygen atoms in total. The number of aromatic nitrogens is 2. The van der Waals surface area contributed by atoms with E-state index in [9.17, 15) is 13.2 Å². The Kier molecular flexibility index (Phi) is 7.51. The quantitative estimate of drug-likeness (QED) is 0.414. The highest BCUT2D eigenvalue weighted by Crippen LogP contribution is 2.33. The molecule has 5 rings (SSSR count). The van der Waals surface area contributed by atoms with Crippen molar-refractivity contribution in [3.05, 3.63) is 69.6 Å². The molecule has 0 bridgehead atoms. The number of benzene rings is 2. The summed E-state index contributed by atoms with van der Waals surface area (Å²) in [6, 6.07) is 12.5. The zero-order valence-corrected chi connectivity index (χ0v) is 22.7. The normalized spacial score (nSPS) is 15.7. The van der Waals surface area contributed by atoms with Crippen LogP contribution < -0.4 is 24.7 Å². The van der Waals surface area contributed by atoms with Crippen molar-refractivity contribution in [1.82, 2.24) is 14.1 Å². The first kappa shape index (κ1) is 26.3. The Labute approximate surface area is 226 Å². The number of fused-ring (bicyclic) bond motifs is 1. The molecule has 0 N–H and O–H groups in total. The summed E-state index contributed by atoms with van der Waals surface area (Å²) in [6.45, 7) is 5.23. The second kappa shape index (κ2) is 10.8. The van der Waals surface area contributed by atoms with E-state index < -0.39 is 20.8 Å². The summed E-state index contributed by atoms with van der Waals surface area (Å²) in [5, 5.41) is 4.38. The molecule has 38 heavy (non-hydrogen) atoms. The van der Waals surface area contributed by atoms with E-state index in [-0.39, 0.29) is 19.1 Å². The predicted octanol–water partition coefficient (Wildman–Crippen LogP) is 3.10. The van der Waals surface area contributed by atoms with Gasteiger partial charge in [0.25, 0.3) is 0 Å². The smallest absolute Gasteiger partial charge is 0.316 e. The number of nitrogens with zero attached hydrogens (tertiary/aromatic N) is 4. The number of hydrogen-bond donors (Lipinski definition) is 0. The van der Waals surface area contributed by atoms with E-state index in [2.05, 4.69) is 5.10 Å². The fourth-order valence-electron chi connectivity index (χ4n) is 4.43. The van der Waals surface area contributed by atoms with Gasteiger partial charge in [0.05, 0.1) is 23.7 Å². The number of halogens is 1. The first-order valence-corrected chi connectivity index (χ1v) is 14.3. The van der Waals surface area contributed by atoms with Crippen molar-refractivity contribution in [2.24, 2.45) is 0 Å². The Morgan fingerprint density at radius 3 is 2.55 bits per heavy atom. The lowest BCUT2D eigenvalue weighted by Crippen LogP contribution is -2.50. The zero-order chi connectivity index (χ0) is 26.9. The third-order valence-electron chi connectivity index (χ3n) is 6.58. The lowest BCUT2D eigenvalue weighted by Gasteiger charge is -2.36. The third kappa shape index (κ3) is 5.31. The van der Waals surface area contributed by atoms with Crippen LogP contribution in [0.15, 0.2) is 53.5 Å². The van der Waals surface area contributed by atoms with Gasteiger partial charge in [-0.25, -0.2) is 8.42 Å². The van der Waals surface area contributed by atoms with E-state index in [1.54, 1.807) is 44.3 Å². The molecule has 0 unspecified atom stereocenters. The molecule has 0 spiro atoms. The van der Waals surface area contributed by atoms with E-state index in [0.29, 0.717) is 60.5 Å². The fraction of sp³-hybridized carbons (Fsp3) is 0.385. The van der Waals surface area contributed by atoms with Crippen molar-refractivity contribution >= 4 is 27.3 Å². The molecule has 0 atom stereocenters. The number of rotatable bonds is 8. The molecule has 12 heteroatoms. The van der Waals surface area contributed by atoms with E-state index in [1.165, 1.54) is 8.99 Å². The number of ether oxygens (including phenoxy) is 3. The van der Waals surface area contributed by atoms with Gasteiger partial charge >= 0.3 is 5.56 Å². The number of hydrogen-bond acceptors (Lipinski definition) is 8. The van der Waals surface area contributed by atoms with Crippen molar-refractivity contribution in [3.8, 4) is 22.9 Å². The van der Waals surface area contributed by atoms with Crippen LogP contribution in [0.5, 0.6) is 17.2 Å². The molecule has 1 saturated heterocycles. The van der Waals surface area contributed by atoms with E-state index in [4.69, 9.17) is 25.8 Å². The second-order valence-corrected chi connectivity index (χ2v) is 12.2. The van der Waals surface area contributed by atoms with Crippen molar-refractivity contribution in [2.75, 3.05) is 44.5 Å². The van der Waals surface area contributed by atoms with Crippen molar-refractivity contribution in [1.29, 1.82) is 0 Å². The highest BCUT2D eigenvalue weighted by Gasteiger charge is 2.31. The molecule has 0 saturated carbocycles. The minimum absolute atomic E-state index is 0.154. The maximum Gasteiger partial charge on any atom is 0.316 e. The minimum atomic E-state index is -3.36. The Bertz CT molecular complexity index is 1490. The number of anilines is 1. The molecule has 2 aliphatic heterocycles. The molecule has 0 radical (unpaired) electrons. The van der Waals surface area contributed by atoms with Gasteiger partial charge in [0.15, 0.2) is 11.5 Å². The van der Waals surface area contributed by atoms with Crippen LogP contribution in [0.3, 0.4) is 0 Å². The van der Waals surface area contributed by atoms with Gasteiger partial charge in [-0.1, -0.05) is 23.7 Å². The van der Waals surface area contributed by atoms with Crippen molar-refractivity contribution in [3.63, 3.8) is 0 Å². The first-order chi connectivity index (χ1) is 18.2. The number of sulfonamides is 1. The van der Waals surface area contributed by atoms with Gasteiger partial charge in [0, 0.05) is 37.6 Å². The Balaban J connectivity index is 1.40.